The molecule has 2 unspecified atom stereocenters. The fourth-order valence-corrected chi connectivity index (χ4v) is 4.07. The number of carbonyl (C=O) groups is 1. The quantitative estimate of drug-likeness (QED) is 0.841. The maximum atomic E-state index is 12.2. The third-order valence-electron chi connectivity index (χ3n) is 5.40. The average molecular weight is 378 g/mol. The number of amides is 1. The topological polar surface area (TPSA) is 57.5 Å². The lowest BCUT2D eigenvalue weighted by molar-refractivity contribution is -0.123. The number of hydrogen-bond donors (Lipinski definition) is 2. The van der Waals surface area contributed by atoms with Crippen molar-refractivity contribution in [3.8, 4) is 0 Å². The fraction of sp³-hybridized carbons (Fsp3) is 0.550. The van der Waals surface area contributed by atoms with Gasteiger partial charge in [-0.1, -0.05) is 18.2 Å². The minimum absolute atomic E-state index is 0. The first-order valence-corrected chi connectivity index (χ1v) is 9.49. The number of rotatable bonds is 5. The molecule has 5 nitrogen and oxygen atoms in total. The van der Waals surface area contributed by atoms with Gasteiger partial charge in [0.1, 0.15) is 11.3 Å². The molecule has 2 fully saturated rings. The number of nitrogens with one attached hydrogen (secondary N) is 2. The molecular formula is C20H28ClN3O2. The summed E-state index contributed by atoms with van der Waals surface area (Å²) in [6.07, 6.45) is 4.44. The first-order valence-electron chi connectivity index (χ1n) is 9.49. The van der Waals surface area contributed by atoms with Crippen LogP contribution in [0.5, 0.6) is 0 Å². The molecular weight excluding hydrogens is 350 g/mol. The number of halogens is 1. The summed E-state index contributed by atoms with van der Waals surface area (Å²) in [6, 6.07) is 10.3. The van der Waals surface area contributed by atoms with Crippen molar-refractivity contribution in [3.05, 3.63) is 36.1 Å². The van der Waals surface area contributed by atoms with Gasteiger partial charge in [0.2, 0.25) is 5.91 Å². The van der Waals surface area contributed by atoms with Crippen LogP contribution in [0.2, 0.25) is 0 Å². The van der Waals surface area contributed by atoms with Gasteiger partial charge in [-0.3, -0.25) is 9.69 Å². The lowest BCUT2D eigenvalue weighted by atomic mass is 9.97. The lowest BCUT2D eigenvalue weighted by Crippen LogP contribution is -2.45. The van der Waals surface area contributed by atoms with Gasteiger partial charge in [0.15, 0.2) is 0 Å². The van der Waals surface area contributed by atoms with E-state index in [1.807, 2.05) is 18.2 Å². The monoisotopic (exact) mass is 377 g/mol. The second kappa shape index (κ2) is 8.89. The Morgan fingerprint density at radius 3 is 2.96 bits per heavy atom. The van der Waals surface area contributed by atoms with E-state index in [1.165, 1.54) is 18.2 Å². The highest BCUT2D eigenvalue weighted by molar-refractivity contribution is 5.85. The molecule has 0 spiro atoms. The number of piperidine rings is 1. The van der Waals surface area contributed by atoms with Gasteiger partial charge < -0.3 is 15.1 Å². The molecule has 2 aliphatic heterocycles. The summed E-state index contributed by atoms with van der Waals surface area (Å²) in [5.41, 5.74) is 0.961. The van der Waals surface area contributed by atoms with Crippen LogP contribution in [0.15, 0.2) is 34.7 Å². The molecule has 0 aliphatic carbocycles. The van der Waals surface area contributed by atoms with Crippen molar-refractivity contribution < 1.29 is 9.21 Å². The second-order valence-electron chi connectivity index (χ2n) is 7.39. The van der Waals surface area contributed by atoms with Gasteiger partial charge in [-0.2, -0.15) is 0 Å². The van der Waals surface area contributed by atoms with Crippen molar-refractivity contribution in [2.45, 2.75) is 38.3 Å². The van der Waals surface area contributed by atoms with E-state index >= 15 is 0 Å². The van der Waals surface area contributed by atoms with Crippen LogP contribution in [0.4, 0.5) is 0 Å². The second-order valence-corrected chi connectivity index (χ2v) is 7.39. The van der Waals surface area contributed by atoms with Crippen molar-refractivity contribution >= 4 is 29.3 Å². The van der Waals surface area contributed by atoms with E-state index in [2.05, 4.69) is 27.7 Å². The van der Waals surface area contributed by atoms with Gasteiger partial charge in [-0.15, -0.1) is 12.4 Å². The molecule has 2 N–H and O–H groups in total. The molecule has 1 aromatic heterocycles. The fourth-order valence-electron chi connectivity index (χ4n) is 4.07. The summed E-state index contributed by atoms with van der Waals surface area (Å²) in [6.45, 7) is 4.73. The van der Waals surface area contributed by atoms with Crippen LogP contribution in [-0.4, -0.2) is 43.0 Å². The summed E-state index contributed by atoms with van der Waals surface area (Å²) >= 11 is 0. The van der Waals surface area contributed by atoms with Crippen LogP contribution in [0.25, 0.3) is 11.0 Å². The zero-order valence-electron chi connectivity index (χ0n) is 15.1. The highest BCUT2D eigenvalue weighted by Crippen LogP contribution is 2.23. The summed E-state index contributed by atoms with van der Waals surface area (Å²) < 4.78 is 5.95. The molecule has 2 atom stereocenters. The molecule has 0 saturated carbocycles. The Balaban J connectivity index is 0.00000196. The van der Waals surface area contributed by atoms with Crippen LogP contribution in [-0.2, 0) is 11.3 Å². The minimum atomic E-state index is 0. The average Bonchev–Trinajstić information content (AvgIpc) is 3.29. The van der Waals surface area contributed by atoms with E-state index in [9.17, 15) is 4.79 Å². The Kier molecular flexibility index (Phi) is 6.57. The zero-order chi connectivity index (χ0) is 17.1. The summed E-state index contributed by atoms with van der Waals surface area (Å²) in [5.74, 6) is 1.73. The van der Waals surface area contributed by atoms with E-state index in [0.29, 0.717) is 5.92 Å². The number of likely N-dealkylation sites (tertiary alicyclic amines) is 1. The highest BCUT2D eigenvalue weighted by Gasteiger charge is 2.25. The Bertz CT molecular complexity index is 694. The normalized spacial score (nSPS) is 23.7. The number of carbonyl (C=O) groups excluding carboxylic acids is 1. The molecule has 0 bridgehead atoms. The molecule has 26 heavy (non-hydrogen) atoms. The van der Waals surface area contributed by atoms with Crippen LogP contribution < -0.4 is 10.6 Å². The van der Waals surface area contributed by atoms with Gasteiger partial charge in [-0.05, 0) is 56.8 Å². The van der Waals surface area contributed by atoms with Crippen molar-refractivity contribution in [3.63, 3.8) is 0 Å². The van der Waals surface area contributed by atoms with Crippen LogP contribution in [0.1, 0.15) is 31.4 Å². The van der Waals surface area contributed by atoms with E-state index in [-0.39, 0.29) is 24.4 Å². The predicted molar refractivity (Wildman–Crippen MR) is 105 cm³/mol. The van der Waals surface area contributed by atoms with Gasteiger partial charge >= 0.3 is 0 Å². The number of para-hydroxylation sites is 1. The predicted octanol–water partition coefficient (Wildman–Crippen LogP) is 2.93. The van der Waals surface area contributed by atoms with Crippen LogP contribution in [0.3, 0.4) is 0 Å². The van der Waals surface area contributed by atoms with Crippen molar-refractivity contribution in [2.24, 2.45) is 5.92 Å². The number of nitrogens with zero attached hydrogens (tertiary/aromatic N) is 1. The Labute approximate surface area is 160 Å². The molecule has 2 saturated heterocycles. The summed E-state index contributed by atoms with van der Waals surface area (Å²) in [4.78, 5) is 14.6. The number of furan rings is 1. The van der Waals surface area contributed by atoms with Gasteiger partial charge in [-0.25, -0.2) is 0 Å². The smallest absolute Gasteiger partial charge is 0.237 e. The first kappa shape index (κ1) is 19.2. The molecule has 3 heterocycles. The maximum absolute atomic E-state index is 12.2. The minimum Gasteiger partial charge on any atom is -0.460 e. The van der Waals surface area contributed by atoms with Crippen molar-refractivity contribution in [1.29, 1.82) is 0 Å². The third-order valence-corrected chi connectivity index (χ3v) is 5.40. The van der Waals surface area contributed by atoms with Gasteiger partial charge in [0, 0.05) is 18.5 Å². The van der Waals surface area contributed by atoms with E-state index in [4.69, 9.17) is 4.42 Å². The largest absolute Gasteiger partial charge is 0.460 e. The number of hydrogen-bond acceptors (Lipinski definition) is 4. The molecule has 2 aromatic rings. The highest BCUT2D eigenvalue weighted by atomic mass is 35.5. The SMILES string of the molecule is Cl.O=C(NCC1CCCN(Cc2cc3ccccc3o2)C1)C1CCCN1. The standard InChI is InChI=1S/C20H27N3O2.ClH/c24-20(18-7-3-9-21-18)22-12-15-5-4-10-23(13-15)14-17-11-16-6-1-2-8-19(16)25-17;/h1-2,6,8,11,15,18,21H,3-5,7,9-10,12-14H2,(H,22,24);1H. The molecule has 6 heteroatoms. The third kappa shape index (κ3) is 4.58. The molecule has 0 radical (unpaired) electrons. The van der Waals surface area contributed by atoms with E-state index < -0.39 is 0 Å². The zero-order valence-corrected chi connectivity index (χ0v) is 15.9. The van der Waals surface area contributed by atoms with Crippen LogP contribution in [0, 0.1) is 5.92 Å². The van der Waals surface area contributed by atoms with E-state index in [1.54, 1.807) is 0 Å². The molecule has 2 aliphatic rings. The molecule has 142 valence electrons. The molecule has 1 amide bonds. The van der Waals surface area contributed by atoms with E-state index in [0.717, 1.165) is 56.9 Å². The summed E-state index contributed by atoms with van der Waals surface area (Å²) in [5, 5.41) is 7.58. The number of benzene rings is 1. The van der Waals surface area contributed by atoms with Gasteiger partial charge in [0.25, 0.3) is 0 Å². The van der Waals surface area contributed by atoms with Crippen molar-refractivity contribution in [2.75, 3.05) is 26.2 Å². The molecule has 1 aromatic carbocycles. The lowest BCUT2D eigenvalue weighted by Gasteiger charge is -2.32. The van der Waals surface area contributed by atoms with Gasteiger partial charge in [0.05, 0.1) is 12.6 Å². The number of fused-ring (bicyclic) bond motifs is 1. The van der Waals surface area contributed by atoms with Crippen molar-refractivity contribution in [1.82, 2.24) is 15.5 Å². The molecule has 4 rings (SSSR count). The summed E-state index contributed by atoms with van der Waals surface area (Å²) in [7, 11) is 0. The Hall–Kier alpha value is -1.56. The van der Waals surface area contributed by atoms with Crippen LogP contribution >= 0.6 is 12.4 Å². The maximum Gasteiger partial charge on any atom is 0.237 e. The Morgan fingerprint density at radius 2 is 2.15 bits per heavy atom. The Morgan fingerprint density at radius 1 is 1.27 bits per heavy atom. The first-order chi connectivity index (χ1) is 12.3.